The lowest BCUT2D eigenvalue weighted by atomic mass is 10.1. The van der Waals surface area contributed by atoms with Crippen molar-refractivity contribution in [3.8, 4) is 0 Å². The predicted molar refractivity (Wildman–Crippen MR) is 90.1 cm³/mol. The summed E-state index contributed by atoms with van der Waals surface area (Å²) >= 11 is 0. The van der Waals surface area contributed by atoms with Crippen molar-refractivity contribution in [2.75, 3.05) is 13.6 Å². The number of carboxylic acid groups (broad SMARTS) is 1. The molecule has 1 fully saturated rings. The molecule has 2 amide bonds. The van der Waals surface area contributed by atoms with Gasteiger partial charge in [-0.3, -0.25) is 4.79 Å². The van der Waals surface area contributed by atoms with Gasteiger partial charge in [-0.05, 0) is 27.2 Å². The molecule has 0 aliphatic carbocycles. The summed E-state index contributed by atoms with van der Waals surface area (Å²) in [5, 5.41) is 22.9. The first-order valence-electron chi connectivity index (χ1n) is 7.56. The fourth-order valence-corrected chi connectivity index (χ4v) is 2.40. The van der Waals surface area contributed by atoms with E-state index in [9.17, 15) is 9.59 Å². The van der Waals surface area contributed by atoms with Crippen LogP contribution in [-0.4, -0.2) is 62.2 Å². The minimum Gasteiger partial charge on any atom is -0.480 e. The Morgan fingerprint density at radius 1 is 1.50 bits per heavy atom. The lowest BCUT2D eigenvalue weighted by molar-refractivity contribution is -0.139. The molecule has 24 heavy (non-hydrogen) atoms. The average Bonchev–Trinajstić information content (AvgIpc) is 3.04. The minimum atomic E-state index is -0.855. The first-order chi connectivity index (χ1) is 10.7. The molecule has 0 unspecified atom stereocenters. The Bertz CT molecular complexity index is 585. The van der Waals surface area contributed by atoms with Crippen LogP contribution >= 0.6 is 12.4 Å². The fraction of sp³-hybridized carbons (Fsp3) is 0.714. The number of aliphatic carboxylic acids is 1. The van der Waals surface area contributed by atoms with Gasteiger partial charge in [0.15, 0.2) is 0 Å². The van der Waals surface area contributed by atoms with E-state index >= 15 is 0 Å². The summed E-state index contributed by atoms with van der Waals surface area (Å²) in [4.78, 5) is 24.5. The van der Waals surface area contributed by atoms with E-state index in [-0.39, 0.29) is 30.0 Å². The SMILES string of the molecule is CN(Cc1cn([C@@H]2CN[C@H](C(=O)O)C2)nn1)C(=O)NC(C)(C)C.Cl. The summed E-state index contributed by atoms with van der Waals surface area (Å²) < 4.78 is 1.67. The van der Waals surface area contributed by atoms with Gasteiger partial charge in [-0.1, -0.05) is 5.21 Å². The number of hydrogen-bond acceptors (Lipinski definition) is 5. The summed E-state index contributed by atoms with van der Waals surface area (Å²) in [6, 6.07) is -0.764. The number of carbonyl (C=O) groups is 2. The topological polar surface area (TPSA) is 112 Å². The van der Waals surface area contributed by atoms with E-state index in [4.69, 9.17) is 5.11 Å². The highest BCUT2D eigenvalue weighted by Crippen LogP contribution is 2.19. The van der Waals surface area contributed by atoms with Crippen LogP contribution in [0.25, 0.3) is 0 Å². The molecular weight excluding hydrogens is 336 g/mol. The number of aromatic nitrogens is 3. The molecule has 0 radical (unpaired) electrons. The molecule has 0 spiro atoms. The third kappa shape index (κ3) is 5.34. The van der Waals surface area contributed by atoms with Crippen molar-refractivity contribution in [2.45, 2.75) is 51.4 Å². The van der Waals surface area contributed by atoms with E-state index in [2.05, 4.69) is 20.9 Å². The van der Waals surface area contributed by atoms with Crippen molar-refractivity contribution in [1.82, 2.24) is 30.5 Å². The second-order valence-corrected chi connectivity index (χ2v) is 6.91. The predicted octanol–water partition coefficient (Wildman–Crippen LogP) is 0.627. The number of hydrogen-bond donors (Lipinski definition) is 3. The zero-order valence-corrected chi connectivity index (χ0v) is 15.1. The molecule has 1 aromatic heterocycles. The molecule has 2 atom stereocenters. The average molecular weight is 361 g/mol. The van der Waals surface area contributed by atoms with Gasteiger partial charge in [-0.25, -0.2) is 9.48 Å². The molecule has 2 rings (SSSR count). The number of carbonyl (C=O) groups excluding carboxylic acids is 1. The molecule has 10 heteroatoms. The van der Waals surface area contributed by atoms with E-state index in [0.717, 1.165) is 0 Å². The van der Waals surface area contributed by atoms with E-state index < -0.39 is 12.0 Å². The fourth-order valence-electron chi connectivity index (χ4n) is 2.40. The van der Waals surface area contributed by atoms with Crippen LogP contribution in [-0.2, 0) is 11.3 Å². The van der Waals surface area contributed by atoms with Gasteiger partial charge in [0.25, 0.3) is 0 Å². The van der Waals surface area contributed by atoms with Crippen LogP contribution in [0.15, 0.2) is 6.20 Å². The summed E-state index contributed by atoms with van der Waals surface area (Å²) in [5.41, 5.74) is 0.361. The maximum Gasteiger partial charge on any atom is 0.320 e. The summed E-state index contributed by atoms with van der Waals surface area (Å²) in [6.07, 6.45) is 2.23. The lowest BCUT2D eigenvalue weighted by Gasteiger charge is -2.25. The molecule has 9 nitrogen and oxygen atoms in total. The van der Waals surface area contributed by atoms with Gasteiger partial charge in [-0.15, -0.1) is 17.5 Å². The van der Waals surface area contributed by atoms with Crippen LogP contribution in [0.5, 0.6) is 0 Å². The number of halogens is 1. The number of nitrogens with one attached hydrogen (secondary N) is 2. The van der Waals surface area contributed by atoms with Gasteiger partial charge >= 0.3 is 12.0 Å². The number of urea groups is 1. The Hall–Kier alpha value is -1.87. The number of nitrogens with zero attached hydrogens (tertiary/aromatic N) is 4. The van der Waals surface area contributed by atoms with Crippen LogP contribution in [0.2, 0.25) is 0 Å². The van der Waals surface area contributed by atoms with Crippen molar-refractivity contribution in [1.29, 1.82) is 0 Å². The molecule has 3 N–H and O–H groups in total. The largest absolute Gasteiger partial charge is 0.480 e. The number of carboxylic acids is 1. The van der Waals surface area contributed by atoms with Crippen LogP contribution < -0.4 is 10.6 Å². The number of amides is 2. The molecule has 0 bridgehead atoms. The van der Waals surface area contributed by atoms with Crippen molar-refractivity contribution in [3.63, 3.8) is 0 Å². The number of rotatable bonds is 4. The van der Waals surface area contributed by atoms with Crippen LogP contribution in [0.1, 0.15) is 38.9 Å². The van der Waals surface area contributed by atoms with E-state index in [1.54, 1.807) is 17.9 Å². The molecule has 0 saturated carbocycles. The monoisotopic (exact) mass is 360 g/mol. The van der Waals surface area contributed by atoms with Gasteiger partial charge in [0.05, 0.1) is 18.8 Å². The zero-order valence-electron chi connectivity index (χ0n) is 14.3. The van der Waals surface area contributed by atoms with Crippen LogP contribution in [0.4, 0.5) is 4.79 Å². The third-order valence-electron chi connectivity index (χ3n) is 3.57. The maximum atomic E-state index is 12.0. The van der Waals surface area contributed by atoms with Crippen molar-refractivity contribution < 1.29 is 14.7 Å². The van der Waals surface area contributed by atoms with Crippen LogP contribution in [0, 0.1) is 0 Å². The van der Waals surface area contributed by atoms with Gasteiger partial charge in [0.2, 0.25) is 0 Å². The van der Waals surface area contributed by atoms with E-state index in [1.807, 2.05) is 20.8 Å². The van der Waals surface area contributed by atoms with Crippen molar-refractivity contribution in [2.24, 2.45) is 0 Å². The van der Waals surface area contributed by atoms with E-state index in [0.29, 0.717) is 25.2 Å². The minimum absolute atomic E-state index is 0. The normalized spacial score (nSPS) is 20.3. The molecule has 2 heterocycles. The molecule has 1 aromatic rings. The molecule has 1 aliphatic rings. The highest BCUT2D eigenvalue weighted by atomic mass is 35.5. The lowest BCUT2D eigenvalue weighted by Crippen LogP contribution is -2.46. The Kier molecular flexibility index (Phi) is 6.56. The molecule has 136 valence electrons. The summed E-state index contributed by atoms with van der Waals surface area (Å²) in [6.45, 7) is 6.63. The maximum absolute atomic E-state index is 12.0. The Morgan fingerprint density at radius 3 is 2.71 bits per heavy atom. The Morgan fingerprint density at radius 2 is 2.17 bits per heavy atom. The van der Waals surface area contributed by atoms with Crippen LogP contribution in [0.3, 0.4) is 0 Å². The van der Waals surface area contributed by atoms with E-state index in [1.165, 1.54) is 4.90 Å². The highest BCUT2D eigenvalue weighted by molar-refractivity contribution is 5.85. The first-order valence-corrected chi connectivity index (χ1v) is 7.56. The second-order valence-electron chi connectivity index (χ2n) is 6.91. The Balaban J connectivity index is 0.00000288. The quantitative estimate of drug-likeness (QED) is 0.725. The third-order valence-corrected chi connectivity index (χ3v) is 3.57. The second kappa shape index (κ2) is 7.80. The molecular formula is C14H25ClN6O3. The van der Waals surface area contributed by atoms with Crippen molar-refractivity contribution >= 4 is 24.4 Å². The molecule has 1 aliphatic heterocycles. The molecule has 0 aromatic carbocycles. The van der Waals surface area contributed by atoms with Gasteiger partial charge in [0, 0.05) is 19.1 Å². The van der Waals surface area contributed by atoms with Gasteiger partial charge in [-0.2, -0.15) is 0 Å². The van der Waals surface area contributed by atoms with Gasteiger partial charge in [0.1, 0.15) is 11.7 Å². The first kappa shape index (κ1) is 20.2. The molecule has 1 saturated heterocycles. The standard InChI is InChI=1S/C14H24N6O3.ClH/c1-14(2,3)16-13(23)19(4)7-9-8-20(18-17-9)10-5-11(12(21)22)15-6-10;/h8,10-11,15H,5-7H2,1-4H3,(H,16,23)(H,21,22);1H/t10-,11-;/m0./s1. The summed E-state index contributed by atoms with van der Waals surface area (Å²) in [7, 11) is 1.69. The van der Waals surface area contributed by atoms with Crippen molar-refractivity contribution in [3.05, 3.63) is 11.9 Å². The summed E-state index contributed by atoms with van der Waals surface area (Å²) in [5.74, 6) is -0.855. The van der Waals surface area contributed by atoms with Gasteiger partial charge < -0.3 is 20.6 Å². The smallest absolute Gasteiger partial charge is 0.320 e. The zero-order chi connectivity index (χ0) is 17.2. The highest BCUT2D eigenvalue weighted by Gasteiger charge is 2.31. The Labute approximate surface area is 147 Å².